The number of carbonyl (C=O) groups is 2. The summed E-state index contributed by atoms with van der Waals surface area (Å²) in [4.78, 5) is 20.4. The summed E-state index contributed by atoms with van der Waals surface area (Å²) in [6, 6.07) is 0. The fourth-order valence-electron chi connectivity index (χ4n) is 0.612. The smallest absolute Gasteiger partial charge is 0.330 e. The number of carboxylic acid groups (broad SMARTS) is 1. The molecule has 0 atom stereocenters. The highest BCUT2D eigenvalue weighted by atomic mass is 16.5. The van der Waals surface area contributed by atoms with Gasteiger partial charge < -0.3 is 14.6 Å². The van der Waals surface area contributed by atoms with Gasteiger partial charge in [-0.15, -0.1) is 0 Å². The Morgan fingerprint density at radius 1 is 1.50 bits per heavy atom. The number of aliphatic carboxylic acids is 1. The molecule has 0 rings (SSSR count). The quantitative estimate of drug-likeness (QED) is 0.322. The molecule has 0 spiro atoms. The van der Waals surface area contributed by atoms with Crippen molar-refractivity contribution in [3.8, 4) is 0 Å². The first kappa shape index (κ1) is 10.7. The zero-order valence-electron chi connectivity index (χ0n) is 6.91. The van der Waals surface area contributed by atoms with Crippen LogP contribution in [0.5, 0.6) is 0 Å². The average molecular weight is 171 g/mol. The molecule has 0 aliphatic rings. The molecule has 0 aliphatic heterocycles. The SMILES string of the molecule is COC(=O)C=CCCCC(=O)[O-]. The third-order valence-electron chi connectivity index (χ3n) is 1.21. The summed E-state index contributed by atoms with van der Waals surface area (Å²) in [6.07, 6.45) is 3.90. The van der Waals surface area contributed by atoms with Gasteiger partial charge in [0.25, 0.3) is 0 Å². The molecule has 0 saturated carbocycles. The molecule has 4 nitrogen and oxygen atoms in total. The summed E-state index contributed by atoms with van der Waals surface area (Å²) in [5, 5.41) is 9.93. The van der Waals surface area contributed by atoms with Crippen molar-refractivity contribution in [2.75, 3.05) is 7.11 Å². The lowest BCUT2D eigenvalue weighted by molar-refractivity contribution is -0.305. The molecule has 0 aromatic carbocycles. The normalized spacial score (nSPS) is 10.1. The summed E-state index contributed by atoms with van der Waals surface area (Å²) >= 11 is 0. The van der Waals surface area contributed by atoms with Crippen LogP contribution in [0.2, 0.25) is 0 Å². The van der Waals surface area contributed by atoms with Crippen LogP contribution >= 0.6 is 0 Å². The predicted molar refractivity (Wildman–Crippen MR) is 40.0 cm³/mol. The number of rotatable bonds is 5. The van der Waals surface area contributed by atoms with Gasteiger partial charge in [-0.2, -0.15) is 0 Å². The summed E-state index contributed by atoms with van der Waals surface area (Å²) in [6.45, 7) is 0. The number of methoxy groups -OCH3 is 1. The van der Waals surface area contributed by atoms with E-state index < -0.39 is 11.9 Å². The van der Waals surface area contributed by atoms with Crippen LogP contribution < -0.4 is 5.11 Å². The topological polar surface area (TPSA) is 66.4 Å². The van der Waals surface area contributed by atoms with Crippen molar-refractivity contribution >= 4 is 11.9 Å². The fourth-order valence-corrected chi connectivity index (χ4v) is 0.612. The first-order valence-electron chi connectivity index (χ1n) is 3.61. The number of carboxylic acids is 1. The molecule has 0 aromatic rings. The molecule has 0 heterocycles. The van der Waals surface area contributed by atoms with Crippen LogP contribution in [0, 0.1) is 0 Å². The highest BCUT2D eigenvalue weighted by molar-refractivity contribution is 5.81. The van der Waals surface area contributed by atoms with Crippen molar-refractivity contribution in [3.05, 3.63) is 12.2 Å². The molecule has 0 N–H and O–H groups in total. The molecule has 0 saturated heterocycles. The monoisotopic (exact) mass is 171 g/mol. The van der Waals surface area contributed by atoms with E-state index in [-0.39, 0.29) is 6.42 Å². The van der Waals surface area contributed by atoms with Gasteiger partial charge in [0.2, 0.25) is 0 Å². The second kappa shape index (κ2) is 6.39. The summed E-state index contributed by atoms with van der Waals surface area (Å²) in [5.41, 5.74) is 0. The zero-order chi connectivity index (χ0) is 9.40. The van der Waals surface area contributed by atoms with Crippen molar-refractivity contribution in [2.45, 2.75) is 19.3 Å². The fraction of sp³-hybridized carbons (Fsp3) is 0.500. The molecular weight excluding hydrogens is 160 g/mol. The van der Waals surface area contributed by atoms with E-state index in [0.29, 0.717) is 12.8 Å². The summed E-state index contributed by atoms with van der Waals surface area (Å²) < 4.78 is 4.32. The molecule has 0 aromatic heterocycles. The van der Waals surface area contributed by atoms with Gasteiger partial charge in [0.15, 0.2) is 0 Å². The minimum Gasteiger partial charge on any atom is -0.550 e. The Morgan fingerprint density at radius 2 is 2.17 bits per heavy atom. The number of ether oxygens (including phenoxy) is 1. The highest BCUT2D eigenvalue weighted by Crippen LogP contribution is 1.95. The largest absolute Gasteiger partial charge is 0.550 e. The predicted octanol–water partition coefficient (Wildman–Crippen LogP) is -0.364. The first-order valence-corrected chi connectivity index (χ1v) is 3.61. The molecule has 4 heteroatoms. The molecule has 0 fully saturated rings. The van der Waals surface area contributed by atoms with Crippen LogP contribution in [-0.4, -0.2) is 19.0 Å². The van der Waals surface area contributed by atoms with Gasteiger partial charge in [-0.3, -0.25) is 0 Å². The van der Waals surface area contributed by atoms with Crippen LogP contribution in [0.1, 0.15) is 19.3 Å². The standard InChI is InChI=1S/C8H12O4/c1-12-8(11)6-4-2-3-5-7(9)10/h4,6H,2-3,5H2,1H3,(H,9,10)/p-1. The van der Waals surface area contributed by atoms with Crippen LogP contribution in [-0.2, 0) is 14.3 Å². The van der Waals surface area contributed by atoms with Crippen LogP contribution in [0.15, 0.2) is 12.2 Å². The van der Waals surface area contributed by atoms with Gasteiger partial charge in [-0.05, 0) is 19.3 Å². The van der Waals surface area contributed by atoms with Gasteiger partial charge in [-0.25, -0.2) is 4.79 Å². The maximum absolute atomic E-state index is 10.5. The highest BCUT2D eigenvalue weighted by Gasteiger charge is 1.89. The Kier molecular flexibility index (Phi) is 5.69. The maximum atomic E-state index is 10.5. The second-order valence-electron chi connectivity index (χ2n) is 2.19. The number of unbranched alkanes of at least 4 members (excludes halogenated alkanes) is 1. The third-order valence-corrected chi connectivity index (χ3v) is 1.21. The van der Waals surface area contributed by atoms with E-state index in [1.165, 1.54) is 13.2 Å². The maximum Gasteiger partial charge on any atom is 0.330 e. The third kappa shape index (κ3) is 6.80. The lowest BCUT2D eigenvalue weighted by atomic mass is 10.2. The van der Waals surface area contributed by atoms with Crippen molar-refractivity contribution in [3.63, 3.8) is 0 Å². The van der Waals surface area contributed by atoms with E-state index in [4.69, 9.17) is 0 Å². The van der Waals surface area contributed by atoms with Crippen molar-refractivity contribution in [1.82, 2.24) is 0 Å². The molecule has 0 amide bonds. The second-order valence-corrected chi connectivity index (χ2v) is 2.19. The number of hydrogen-bond acceptors (Lipinski definition) is 4. The van der Waals surface area contributed by atoms with Gasteiger partial charge in [-0.1, -0.05) is 6.08 Å². The van der Waals surface area contributed by atoms with Crippen molar-refractivity contribution in [1.29, 1.82) is 0 Å². The van der Waals surface area contributed by atoms with Crippen molar-refractivity contribution < 1.29 is 19.4 Å². The molecule has 0 unspecified atom stereocenters. The van der Waals surface area contributed by atoms with E-state index >= 15 is 0 Å². The molecule has 0 radical (unpaired) electrons. The van der Waals surface area contributed by atoms with E-state index in [0.717, 1.165) is 0 Å². The summed E-state index contributed by atoms with van der Waals surface area (Å²) in [5.74, 6) is -1.50. The van der Waals surface area contributed by atoms with Crippen LogP contribution in [0.25, 0.3) is 0 Å². The Balaban J connectivity index is 3.36. The van der Waals surface area contributed by atoms with Gasteiger partial charge in [0, 0.05) is 12.0 Å². The van der Waals surface area contributed by atoms with E-state index in [2.05, 4.69) is 4.74 Å². The van der Waals surface area contributed by atoms with Crippen molar-refractivity contribution in [2.24, 2.45) is 0 Å². The number of carbonyl (C=O) groups excluding carboxylic acids is 2. The molecule has 12 heavy (non-hydrogen) atoms. The van der Waals surface area contributed by atoms with E-state index in [1.54, 1.807) is 6.08 Å². The minimum atomic E-state index is -1.07. The lowest BCUT2D eigenvalue weighted by Gasteiger charge is -1.97. The van der Waals surface area contributed by atoms with E-state index in [9.17, 15) is 14.7 Å². The molecule has 0 aliphatic carbocycles. The zero-order valence-corrected chi connectivity index (χ0v) is 6.91. The van der Waals surface area contributed by atoms with Gasteiger partial charge in [0.1, 0.15) is 0 Å². The number of allylic oxidation sites excluding steroid dienone is 1. The Labute approximate surface area is 70.8 Å². The van der Waals surface area contributed by atoms with Crippen LogP contribution in [0.3, 0.4) is 0 Å². The minimum absolute atomic E-state index is 0.0194. The molecule has 68 valence electrons. The van der Waals surface area contributed by atoms with Gasteiger partial charge >= 0.3 is 5.97 Å². The first-order chi connectivity index (χ1) is 5.66. The lowest BCUT2D eigenvalue weighted by Crippen LogP contribution is -2.21. The van der Waals surface area contributed by atoms with E-state index in [1.807, 2.05) is 0 Å². The Bertz CT molecular complexity index is 183. The Morgan fingerprint density at radius 3 is 2.67 bits per heavy atom. The number of hydrogen-bond donors (Lipinski definition) is 0. The van der Waals surface area contributed by atoms with Crippen LogP contribution in [0.4, 0.5) is 0 Å². The molecule has 0 bridgehead atoms. The van der Waals surface area contributed by atoms with Gasteiger partial charge in [0.05, 0.1) is 7.11 Å². The number of esters is 1. The summed E-state index contributed by atoms with van der Waals surface area (Å²) in [7, 11) is 1.29. The molecular formula is C8H11O4-. The Hall–Kier alpha value is -1.32. The average Bonchev–Trinajstić information content (AvgIpc) is 2.03.